The number of rotatable bonds is 4. The van der Waals surface area contributed by atoms with Gasteiger partial charge in [-0.3, -0.25) is 20.2 Å². The van der Waals surface area contributed by atoms with Crippen LogP contribution in [0.5, 0.6) is 0 Å². The van der Waals surface area contributed by atoms with Crippen LogP contribution in [0.4, 0.5) is 11.4 Å². The number of aliphatic carboxylic acids is 1. The Morgan fingerprint density at radius 2 is 1.55 bits per heavy atom. The number of hydrogen-bond donors (Lipinski definition) is 0. The van der Waals surface area contributed by atoms with E-state index in [1.54, 1.807) is 0 Å². The number of fused-ring (bicyclic) bond motifs is 1. The zero-order valence-electron chi connectivity index (χ0n) is 9.94. The summed E-state index contributed by atoms with van der Waals surface area (Å²) in [6, 6.07) is 6.66. The predicted octanol–water partition coefficient (Wildman–Crippen LogP) is 0.949. The van der Waals surface area contributed by atoms with Gasteiger partial charge in [0.05, 0.1) is 21.3 Å². The lowest BCUT2D eigenvalue weighted by molar-refractivity contribution is -0.393. The van der Waals surface area contributed by atoms with Crippen molar-refractivity contribution in [2.45, 2.75) is 6.42 Å². The first-order valence-corrected chi connectivity index (χ1v) is 5.45. The molecule has 0 saturated carbocycles. The molecule has 0 fully saturated rings. The summed E-state index contributed by atoms with van der Waals surface area (Å²) in [7, 11) is 0. The zero-order chi connectivity index (χ0) is 14.9. The quantitative estimate of drug-likeness (QED) is 0.603. The van der Waals surface area contributed by atoms with Crippen LogP contribution in [0.2, 0.25) is 0 Å². The minimum Gasteiger partial charge on any atom is -0.550 e. The number of nitro groups is 2. The minimum atomic E-state index is -1.49. The average Bonchev–Trinajstić information content (AvgIpc) is 2.37. The van der Waals surface area contributed by atoms with Crippen LogP contribution in [0.25, 0.3) is 10.8 Å². The molecule has 0 radical (unpaired) electrons. The second-order valence-electron chi connectivity index (χ2n) is 4.00. The molecule has 102 valence electrons. The van der Waals surface area contributed by atoms with Crippen molar-refractivity contribution in [2.24, 2.45) is 0 Å². The molecule has 2 aromatic rings. The highest BCUT2D eigenvalue weighted by Crippen LogP contribution is 2.35. The monoisotopic (exact) mass is 275 g/mol. The van der Waals surface area contributed by atoms with Crippen molar-refractivity contribution in [3.8, 4) is 0 Å². The first-order valence-electron chi connectivity index (χ1n) is 5.45. The van der Waals surface area contributed by atoms with Crippen molar-refractivity contribution in [3.05, 3.63) is 56.1 Å². The molecular formula is C12H7N2O6-. The van der Waals surface area contributed by atoms with Crippen LogP contribution in [0.1, 0.15) is 5.56 Å². The van der Waals surface area contributed by atoms with Crippen LogP contribution in [0, 0.1) is 20.2 Å². The van der Waals surface area contributed by atoms with Crippen LogP contribution in [-0.4, -0.2) is 15.8 Å². The smallest absolute Gasteiger partial charge is 0.284 e. The van der Waals surface area contributed by atoms with E-state index in [1.165, 1.54) is 24.3 Å². The molecule has 0 saturated heterocycles. The highest BCUT2D eigenvalue weighted by atomic mass is 16.6. The fourth-order valence-electron chi connectivity index (χ4n) is 2.05. The maximum Gasteiger partial charge on any atom is 0.284 e. The number of carboxylic acids is 1. The normalized spacial score (nSPS) is 10.4. The third-order valence-corrected chi connectivity index (χ3v) is 2.83. The van der Waals surface area contributed by atoms with E-state index < -0.39 is 33.6 Å². The molecular weight excluding hydrogens is 268 g/mol. The van der Waals surface area contributed by atoms with Gasteiger partial charge in [-0.2, -0.15) is 0 Å². The number of carbonyl (C=O) groups is 1. The topological polar surface area (TPSA) is 126 Å². The summed E-state index contributed by atoms with van der Waals surface area (Å²) in [4.78, 5) is 31.1. The third kappa shape index (κ3) is 2.26. The second kappa shape index (κ2) is 4.92. The van der Waals surface area contributed by atoms with Crippen molar-refractivity contribution >= 4 is 28.1 Å². The van der Waals surface area contributed by atoms with E-state index in [4.69, 9.17) is 0 Å². The molecule has 0 aliphatic carbocycles. The number of nitro benzene ring substituents is 2. The third-order valence-electron chi connectivity index (χ3n) is 2.83. The molecule has 0 unspecified atom stereocenters. The standard InChI is InChI=1S/C12H8N2O6/c15-12(16)5-9-7-3-1-2-4-8(7)10(13(17)18)6-11(9)14(19)20/h1-4,6H,5H2,(H,15,16)/p-1. The van der Waals surface area contributed by atoms with Crippen molar-refractivity contribution in [2.75, 3.05) is 0 Å². The Morgan fingerprint density at radius 1 is 1.00 bits per heavy atom. The van der Waals surface area contributed by atoms with Crippen molar-refractivity contribution in [1.29, 1.82) is 0 Å². The van der Waals surface area contributed by atoms with E-state index in [0.717, 1.165) is 6.07 Å². The van der Waals surface area contributed by atoms with E-state index in [-0.39, 0.29) is 16.3 Å². The molecule has 0 amide bonds. The van der Waals surface area contributed by atoms with Crippen LogP contribution in [0.15, 0.2) is 30.3 Å². The Morgan fingerprint density at radius 3 is 2.05 bits per heavy atom. The molecule has 2 rings (SSSR count). The summed E-state index contributed by atoms with van der Waals surface area (Å²) in [6.07, 6.45) is -0.686. The van der Waals surface area contributed by atoms with Crippen LogP contribution in [-0.2, 0) is 11.2 Å². The van der Waals surface area contributed by atoms with Crippen LogP contribution in [0.3, 0.4) is 0 Å². The van der Waals surface area contributed by atoms with Gasteiger partial charge < -0.3 is 9.90 Å². The highest BCUT2D eigenvalue weighted by molar-refractivity contribution is 5.97. The maximum atomic E-state index is 11.0. The Balaban J connectivity index is 2.90. The number of nitrogens with zero attached hydrogens (tertiary/aromatic N) is 2. The molecule has 2 aromatic carbocycles. The SMILES string of the molecule is O=C([O-])Cc1c([N+](=O)[O-])cc([N+](=O)[O-])c2ccccc12. The van der Waals surface area contributed by atoms with E-state index in [1.807, 2.05) is 0 Å². The van der Waals surface area contributed by atoms with E-state index in [2.05, 4.69) is 0 Å². The summed E-state index contributed by atoms with van der Waals surface area (Å²) in [5.74, 6) is -1.49. The molecule has 0 aliphatic heterocycles. The van der Waals surface area contributed by atoms with Crippen molar-refractivity contribution < 1.29 is 19.7 Å². The number of non-ortho nitro benzene ring substituents is 1. The number of hydrogen-bond acceptors (Lipinski definition) is 6. The first-order chi connectivity index (χ1) is 9.41. The molecule has 0 N–H and O–H groups in total. The lowest BCUT2D eigenvalue weighted by atomic mass is 9.98. The second-order valence-corrected chi connectivity index (χ2v) is 4.00. The Kier molecular flexibility index (Phi) is 3.30. The van der Waals surface area contributed by atoms with Crippen molar-refractivity contribution in [3.63, 3.8) is 0 Å². The molecule has 0 heterocycles. The maximum absolute atomic E-state index is 11.0. The Hall–Kier alpha value is -3.03. The van der Waals surface area contributed by atoms with E-state index in [0.29, 0.717) is 0 Å². The van der Waals surface area contributed by atoms with Gasteiger partial charge in [0.15, 0.2) is 0 Å². The molecule has 0 aromatic heterocycles. The van der Waals surface area contributed by atoms with Crippen molar-refractivity contribution in [1.82, 2.24) is 0 Å². The summed E-state index contributed by atoms with van der Waals surface area (Å²) < 4.78 is 0. The minimum absolute atomic E-state index is 0.101. The Labute approximate surface area is 111 Å². The predicted molar refractivity (Wildman–Crippen MR) is 66.0 cm³/mol. The number of benzene rings is 2. The summed E-state index contributed by atoms with van der Waals surface area (Å²) in [5.41, 5.74) is -1.13. The number of carboxylic acid groups (broad SMARTS) is 1. The Bertz CT molecular complexity index is 740. The summed E-state index contributed by atoms with van der Waals surface area (Å²) in [5, 5.41) is 33.0. The van der Waals surface area contributed by atoms with E-state index >= 15 is 0 Å². The lowest BCUT2D eigenvalue weighted by Gasteiger charge is -2.08. The van der Waals surface area contributed by atoms with Gasteiger partial charge in [-0.15, -0.1) is 0 Å². The van der Waals surface area contributed by atoms with Gasteiger partial charge >= 0.3 is 0 Å². The van der Waals surface area contributed by atoms with Gasteiger partial charge in [0, 0.05) is 18.0 Å². The summed E-state index contributed by atoms with van der Waals surface area (Å²) in [6.45, 7) is 0. The van der Waals surface area contributed by atoms with Gasteiger partial charge in [-0.25, -0.2) is 0 Å². The largest absolute Gasteiger partial charge is 0.550 e. The van der Waals surface area contributed by atoms with Gasteiger partial charge in [0.25, 0.3) is 11.4 Å². The van der Waals surface area contributed by atoms with Gasteiger partial charge in [-0.05, 0) is 11.5 Å². The molecule has 20 heavy (non-hydrogen) atoms. The highest BCUT2D eigenvalue weighted by Gasteiger charge is 2.24. The van der Waals surface area contributed by atoms with Crippen LogP contribution >= 0.6 is 0 Å². The fourth-order valence-corrected chi connectivity index (χ4v) is 2.05. The first kappa shape index (κ1) is 13.4. The average molecular weight is 275 g/mol. The summed E-state index contributed by atoms with van der Waals surface area (Å²) >= 11 is 0. The lowest BCUT2D eigenvalue weighted by Crippen LogP contribution is -2.25. The molecule has 0 bridgehead atoms. The van der Waals surface area contributed by atoms with Gasteiger partial charge in [-0.1, -0.05) is 18.2 Å². The van der Waals surface area contributed by atoms with Crippen LogP contribution < -0.4 is 5.11 Å². The molecule has 0 aliphatic rings. The fraction of sp³-hybridized carbons (Fsp3) is 0.0833. The zero-order valence-corrected chi connectivity index (χ0v) is 9.94. The molecule has 0 spiro atoms. The number of carbonyl (C=O) groups excluding carboxylic acids is 1. The van der Waals surface area contributed by atoms with Gasteiger partial charge in [0.1, 0.15) is 0 Å². The molecule has 0 atom stereocenters. The molecule has 8 nitrogen and oxygen atoms in total. The van der Waals surface area contributed by atoms with E-state index in [9.17, 15) is 30.1 Å². The van der Waals surface area contributed by atoms with Gasteiger partial charge in [0.2, 0.25) is 0 Å². The molecule has 8 heteroatoms.